The molecule has 3 heteroatoms. The van der Waals surface area contributed by atoms with Crippen molar-refractivity contribution in [3.8, 4) is 6.07 Å². The summed E-state index contributed by atoms with van der Waals surface area (Å²) in [4.78, 5) is 0. The average molecular weight is 252 g/mol. The van der Waals surface area contributed by atoms with Crippen LogP contribution in [0.2, 0.25) is 0 Å². The molecule has 3 nitrogen and oxygen atoms in total. The molecule has 1 fully saturated rings. The van der Waals surface area contributed by atoms with Gasteiger partial charge in [-0.15, -0.1) is 0 Å². The predicted octanol–water partition coefficient (Wildman–Crippen LogP) is 3.26. The molecule has 0 saturated heterocycles. The van der Waals surface area contributed by atoms with Crippen LogP contribution in [0.4, 0.5) is 0 Å². The van der Waals surface area contributed by atoms with Crippen molar-refractivity contribution >= 4 is 0 Å². The Hall–Kier alpha value is -0.590. The fourth-order valence-corrected chi connectivity index (χ4v) is 2.81. The first-order valence-electron chi connectivity index (χ1n) is 7.50. The van der Waals surface area contributed by atoms with Crippen LogP contribution in [0.3, 0.4) is 0 Å². The summed E-state index contributed by atoms with van der Waals surface area (Å²) in [7, 11) is 0. The second-order valence-corrected chi connectivity index (χ2v) is 5.41. The minimum atomic E-state index is -0.342. The quantitative estimate of drug-likeness (QED) is 0.641. The van der Waals surface area contributed by atoms with E-state index in [4.69, 9.17) is 4.74 Å². The molecule has 104 valence electrons. The summed E-state index contributed by atoms with van der Waals surface area (Å²) in [5.41, 5.74) is -0.342. The average Bonchev–Trinajstić information content (AvgIpc) is 2.90. The first kappa shape index (κ1) is 15.5. The van der Waals surface area contributed by atoms with E-state index in [0.717, 1.165) is 44.9 Å². The highest BCUT2D eigenvalue weighted by Gasteiger charge is 2.25. The highest BCUT2D eigenvalue weighted by atomic mass is 16.5. The summed E-state index contributed by atoms with van der Waals surface area (Å²) < 4.78 is 5.74. The molecule has 1 unspecified atom stereocenters. The van der Waals surface area contributed by atoms with Crippen molar-refractivity contribution in [1.29, 1.82) is 5.26 Å². The SMILES string of the molecule is CCNC(C#N)(CC)CCCOCC1CCCC1. The van der Waals surface area contributed by atoms with Crippen molar-refractivity contribution in [1.82, 2.24) is 5.32 Å². The first-order chi connectivity index (χ1) is 8.76. The van der Waals surface area contributed by atoms with E-state index in [0.29, 0.717) is 0 Å². The van der Waals surface area contributed by atoms with Gasteiger partial charge >= 0.3 is 0 Å². The third-order valence-electron chi connectivity index (χ3n) is 4.05. The Kier molecular flexibility index (Phi) is 7.31. The lowest BCUT2D eigenvalue weighted by molar-refractivity contribution is 0.0945. The molecule has 0 amide bonds. The van der Waals surface area contributed by atoms with E-state index in [1.807, 2.05) is 0 Å². The highest BCUT2D eigenvalue weighted by molar-refractivity contribution is 5.05. The summed E-state index contributed by atoms with van der Waals surface area (Å²) in [5, 5.41) is 12.6. The number of nitrogens with one attached hydrogen (secondary N) is 1. The molecule has 1 rings (SSSR count). The van der Waals surface area contributed by atoms with Crippen molar-refractivity contribution in [2.45, 2.75) is 64.3 Å². The highest BCUT2D eigenvalue weighted by Crippen LogP contribution is 2.25. The van der Waals surface area contributed by atoms with Crippen molar-refractivity contribution in [2.24, 2.45) is 5.92 Å². The minimum Gasteiger partial charge on any atom is -0.381 e. The number of rotatable bonds is 9. The molecule has 0 aromatic heterocycles. The number of nitrogens with zero attached hydrogens (tertiary/aromatic N) is 1. The van der Waals surface area contributed by atoms with Crippen LogP contribution in [0.5, 0.6) is 0 Å². The molecule has 0 aromatic carbocycles. The lowest BCUT2D eigenvalue weighted by atomic mass is 9.92. The van der Waals surface area contributed by atoms with Gasteiger partial charge in [0.15, 0.2) is 0 Å². The van der Waals surface area contributed by atoms with Crippen LogP contribution < -0.4 is 5.32 Å². The minimum absolute atomic E-state index is 0.342. The number of hydrogen-bond donors (Lipinski definition) is 1. The molecule has 0 heterocycles. The van der Waals surface area contributed by atoms with Crippen LogP contribution >= 0.6 is 0 Å². The molecule has 0 aliphatic heterocycles. The second-order valence-electron chi connectivity index (χ2n) is 5.41. The predicted molar refractivity (Wildman–Crippen MR) is 74.3 cm³/mol. The lowest BCUT2D eigenvalue weighted by Crippen LogP contribution is -2.43. The van der Waals surface area contributed by atoms with Gasteiger partial charge in [0, 0.05) is 13.2 Å². The summed E-state index contributed by atoms with van der Waals surface area (Å²) in [6.07, 6.45) is 8.16. The van der Waals surface area contributed by atoms with Gasteiger partial charge in [0.05, 0.1) is 6.07 Å². The Bertz CT molecular complexity index is 256. The Labute approximate surface area is 112 Å². The van der Waals surface area contributed by atoms with Gasteiger partial charge in [-0.05, 0) is 44.6 Å². The lowest BCUT2D eigenvalue weighted by Gasteiger charge is -2.26. The molecule has 1 saturated carbocycles. The summed E-state index contributed by atoms with van der Waals surface area (Å²) in [5.74, 6) is 0.797. The Morgan fingerprint density at radius 3 is 2.61 bits per heavy atom. The van der Waals surface area contributed by atoms with Gasteiger partial charge in [0.1, 0.15) is 5.54 Å². The van der Waals surface area contributed by atoms with E-state index in [9.17, 15) is 5.26 Å². The van der Waals surface area contributed by atoms with E-state index in [1.165, 1.54) is 25.7 Å². The van der Waals surface area contributed by atoms with Crippen LogP contribution in [-0.2, 0) is 4.74 Å². The standard InChI is InChI=1S/C15H28N2O/c1-3-15(13-16,17-4-2)10-7-11-18-12-14-8-5-6-9-14/h14,17H,3-12H2,1-2H3. The molecule has 0 bridgehead atoms. The van der Waals surface area contributed by atoms with Crippen LogP contribution in [0.25, 0.3) is 0 Å². The maximum Gasteiger partial charge on any atom is 0.106 e. The van der Waals surface area contributed by atoms with Crippen molar-refractivity contribution < 1.29 is 4.74 Å². The monoisotopic (exact) mass is 252 g/mol. The van der Waals surface area contributed by atoms with Crippen molar-refractivity contribution in [2.75, 3.05) is 19.8 Å². The normalized spacial score (nSPS) is 19.6. The molecule has 0 radical (unpaired) electrons. The van der Waals surface area contributed by atoms with Gasteiger partial charge in [-0.25, -0.2) is 0 Å². The molecule has 1 aliphatic carbocycles. The zero-order valence-electron chi connectivity index (χ0n) is 12.0. The molecular formula is C15H28N2O. The molecule has 18 heavy (non-hydrogen) atoms. The van der Waals surface area contributed by atoms with Crippen molar-refractivity contribution in [3.05, 3.63) is 0 Å². The fraction of sp³-hybridized carbons (Fsp3) is 0.933. The van der Waals surface area contributed by atoms with E-state index >= 15 is 0 Å². The van der Waals surface area contributed by atoms with Gasteiger partial charge in [-0.3, -0.25) is 5.32 Å². The van der Waals surface area contributed by atoms with E-state index in [2.05, 4.69) is 25.2 Å². The Balaban J connectivity index is 2.12. The Morgan fingerprint density at radius 2 is 2.06 bits per heavy atom. The molecular weight excluding hydrogens is 224 g/mol. The van der Waals surface area contributed by atoms with Gasteiger partial charge in [-0.1, -0.05) is 26.7 Å². The maximum absolute atomic E-state index is 9.28. The summed E-state index contributed by atoms with van der Waals surface area (Å²) in [6.45, 7) is 6.70. The van der Waals surface area contributed by atoms with Crippen molar-refractivity contribution in [3.63, 3.8) is 0 Å². The maximum atomic E-state index is 9.28. The van der Waals surface area contributed by atoms with E-state index < -0.39 is 0 Å². The second kappa shape index (κ2) is 8.50. The first-order valence-corrected chi connectivity index (χ1v) is 7.50. The molecule has 1 N–H and O–H groups in total. The largest absolute Gasteiger partial charge is 0.381 e. The van der Waals surface area contributed by atoms with Gasteiger partial charge < -0.3 is 4.74 Å². The summed E-state index contributed by atoms with van der Waals surface area (Å²) in [6, 6.07) is 2.43. The van der Waals surface area contributed by atoms with Crippen LogP contribution in [0.1, 0.15) is 58.8 Å². The molecule has 0 spiro atoms. The zero-order valence-corrected chi connectivity index (χ0v) is 12.0. The summed E-state index contributed by atoms with van der Waals surface area (Å²) >= 11 is 0. The molecule has 1 aliphatic rings. The molecule has 1 atom stereocenters. The van der Waals surface area contributed by atoms with E-state index in [-0.39, 0.29) is 5.54 Å². The van der Waals surface area contributed by atoms with Crippen LogP contribution in [0.15, 0.2) is 0 Å². The number of ether oxygens (including phenoxy) is 1. The fourth-order valence-electron chi connectivity index (χ4n) is 2.81. The van der Waals surface area contributed by atoms with Gasteiger partial charge in [0.2, 0.25) is 0 Å². The third kappa shape index (κ3) is 4.96. The Morgan fingerprint density at radius 1 is 1.33 bits per heavy atom. The van der Waals surface area contributed by atoms with Crippen LogP contribution in [0, 0.1) is 17.2 Å². The molecule has 0 aromatic rings. The number of hydrogen-bond acceptors (Lipinski definition) is 3. The van der Waals surface area contributed by atoms with Gasteiger partial charge in [0.25, 0.3) is 0 Å². The van der Waals surface area contributed by atoms with Gasteiger partial charge in [-0.2, -0.15) is 5.26 Å². The topological polar surface area (TPSA) is 45.0 Å². The van der Waals surface area contributed by atoms with Crippen LogP contribution in [-0.4, -0.2) is 25.3 Å². The smallest absolute Gasteiger partial charge is 0.106 e. The zero-order chi connectivity index (χ0) is 13.3. The third-order valence-corrected chi connectivity index (χ3v) is 4.05. The number of nitriles is 1. The van der Waals surface area contributed by atoms with E-state index in [1.54, 1.807) is 0 Å².